The number of nitrogens with zero attached hydrogens (tertiary/aromatic N) is 2. The average molecular weight is 262 g/mol. The predicted octanol–water partition coefficient (Wildman–Crippen LogP) is 3.68. The van der Waals surface area contributed by atoms with Crippen LogP contribution in [-0.4, -0.2) is 22.7 Å². The summed E-state index contributed by atoms with van der Waals surface area (Å²) < 4.78 is 0. The lowest BCUT2D eigenvalue weighted by Crippen LogP contribution is -2.39. The summed E-state index contributed by atoms with van der Waals surface area (Å²) in [5.41, 5.74) is 2.00. The highest BCUT2D eigenvalue weighted by atomic mass is 16.3. The van der Waals surface area contributed by atoms with Gasteiger partial charge in [0.15, 0.2) is 0 Å². The van der Waals surface area contributed by atoms with Crippen LogP contribution in [0, 0.1) is 0 Å². The van der Waals surface area contributed by atoms with Crippen molar-refractivity contribution in [2.45, 2.75) is 64.5 Å². The topological polar surface area (TPSA) is 36.4 Å². The van der Waals surface area contributed by atoms with E-state index in [0.29, 0.717) is 12.5 Å². The van der Waals surface area contributed by atoms with E-state index in [4.69, 9.17) is 0 Å². The van der Waals surface area contributed by atoms with E-state index in [9.17, 15) is 5.11 Å². The number of aliphatic hydroxyl groups is 1. The quantitative estimate of drug-likeness (QED) is 0.879. The molecule has 0 saturated carbocycles. The maximum atomic E-state index is 9.79. The summed E-state index contributed by atoms with van der Waals surface area (Å²) in [6.07, 6.45) is 8.65. The molecule has 1 N–H and O–H groups in total. The molecule has 2 atom stereocenters. The molecule has 1 aliphatic rings. The molecule has 1 fully saturated rings. The van der Waals surface area contributed by atoms with E-state index in [1.54, 1.807) is 0 Å². The van der Waals surface area contributed by atoms with E-state index in [1.807, 2.05) is 19.2 Å². The summed E-state index contributed by atoms with van der Waals surface area (Å²) in [7, 11) is 0. The van der Waals surface area contributed by atoms with Crippen molar-refractivity contribution in [1.82, 2.24) is 4.98 Å². The van der Waals surface area contributed by atoms with Crippen molar-refractivity contribution >= 4 is 5.69 Å². The van der Waals surface area contributed by atoms with Crippen LogP contribution in [0.15, 0.2) is 18.3 Å². The maximum Gasteiger partial charge on any atom is 0.0957 e. The van der Waals surface area contributed by atoms with Gasteiger partial charge in [0.05, 0.1) is 23.7 Å². The Morgan fingerprint density at radius 1 is 1.37 bits per heavy atom. The summed E-state index contributed by atoms with van der Waals surface area (Å²) in [4.78, 5) is 6.93. The van der Waals surface area contributed by atoms with Gasteiger partial charge in [0.25, 0.3) is 0 Å². The Bertz CT molecular complexity index is 375. The number of piperidine rings is 1. The molecule has 2 heterocycles. The van der Waals surface area contributed by atoms with Crippen molar-refractivity contribution < 1.29 is 5.11 Å². The van der Waals surface area contributed by atoms with E-state index in [0.717, 1.165) is 12.2 Å². The first kappa shape index (κ1) is 14.3. The molecule has 1 saturated heterocycles. The van der Waals surface area contributed by atoms with Crippen molar-refractivity contribution in [2.24, 2.45) is 0 Å². The fraction of sp³-hybridized carbons (Fsp3) is 0.688. The summed E-state index contributed by atoms with van der Waals surface area (Å²) in [5, 5.41) is 9.79. The predicted molar refractivity (Wildman–Crippen MR) is 79.4 cm³/mol. The molecule has 0 radical (unpaired) electrons. The minimum Gasteiger partial charge on any atom is -0.387 e. The molecule has 1 aromatic rings. The Morgan fingerprint density at radius 2 is 2.21 bits per heavy atom. The molecule has 19 heavy (non-hydrogen) atoms. The van der Waals surface area contributed by atoms with Gasteiger partial charge < -0.3 is 10.0 Å². The summed E-state index contributed by atoms with van der Waals surface area (Å²) in [6, 6.07) is 4.76. The van der Waals surface area contributed by atoms with Gasteiger partial charge in [0.2, 0.25) is 0 Å². The largest absolute Gasteiger partial charge is 0.387 e. The van der Waals surface area contributed by atoms with Gasteiger partial charge in [0, 0.05) is 12.6 Å². The number of aliphatic hydroxyl groups excluding tert-OH is 1. The standard InChI is InChI=1S/C16H26N2O/c1-3-7-13-8-5-6-11-18(13)14-9-10-15(17-12-14)16(19)4-2/h9-10,12-13,16,19H,3-8,11H2,1-2H3/t13?,16-/m0/s1. The van der Waals surface area contributed by atoms with E-state index in [-0.39, 0.29) is 0 Å². The van der Waals surface area contributed by atoms with Crippen LogP contribution in [0.3, 0.4) is 0 Å². The number of anilines is 1. The van der Waals surface area contributed by atoms with Crippen LogP contribution in [0.2, 0.25) is 0 Å². The molecule has 0 spiro atoms. The van der Waals surface area contributed by atoms with Crippen molar-refractivity contribution in [3.63, 3.8) is 0 Å². The van der Waals surface area contributed by atoms with Gasteiger partial charge in [-0.05, 0) is 44.2 Å². The molecular formula is C16H26N2O. The zero-order chi connectivity index (χ0) is 13.7. The lowest BCUT2D eigenvalue weighted by atomic mass is 9.97. The molecular weight excluding hydrogens is 236 g/mol. The zero-order valence-corrected chi connectivity index (χ0v) is 12.2. The second kappa shape index (κ2) is 6.90. The fourth-order valence-corrected chi connectivity index (χ4v) is 2.95. The smallest absolute Gasteiger partial charge is 0.0957 e. The first-order chi connectivity index (χ1) is 9.26. The lowest BCUT2D eigenvalue weighted by molar-refractivity contribution is 0.169. The molecule has 3 nitrogen and oxygen atoms in total. The first-order valence-corrected chi connectivity index (χ1v) is 7.67. The van der Waals surface area contributed by atoms with Gasteiger partial charge in [0.1, 0.15) is 0 Å². The monoisotopic (exact) mass is 262 g/mol. The molecule has 0 bridgehead atoms. The van der Waals surface area contributed by atoms with Gasteiger partial charge in [-0.3, -0.25) is 4.98 Å². The van der Waals surface area contributed by atoms with Gasteiger partial charge in [-0.1, -0.05) is 20.3 Å². The summed E-state index contributed by atoms with van der Waals surface area (Å²) >= 11 is 0. The molecule has 0 aromatic carbocycles. The molecule has 2 rings (SSSR count). The second-order valence-corrected chi connectivity index (χ2v) is 5.50. The normalized spacial score (nSPS) is 21.4. The Kier molecular flexibility index (Phi) is 5.20. The van der Waals surface area contributed by atoms with E-state index in [2.05, 4.69) is 22.9 Å². The molecule has 0 amide bonds. The highest BCUT2D eigenvalue weighted by Crippen LogP contribution is 2.27. The maximum absolute atomic E-state index is 9.79. The SMILES string of the molecule is CCCC1CCCCN1c1ccc([C@@H](O)CC)nc1. The average Bonchev–Trinajstić information content (AvgIpc) is 2.47. The third kappa shape index (κ3) is 3.47. The van der Waals surface area contributed by atoms with Crippen LogP contribution in [0.1, 0.15) is 64.2 Å². The fourth-order valence-electron chi connectivity index (χ4n) is 2.95. The van der Waals surface area contributed by atoms with E-state index < -0.39 is 6.10 Å². The van der Waals surface area contributed by atoms with E-state index in [1.165, 1.54) is 37.8 Å². The van der Waals surface area contributed by atoms with Crippen LogP contribution in [0.5, 0.6) is 0 Å². The number of rotatable bonds is 5. The van der Waals surface area contributed by atoms with Crippen LogP contribution >= 0.6 is 0 Å². The third-order valence-electron chi connectivity index (χ3n) is 4.08. The Morgan fingerprint density at radius 3 is 2.84 bits per heavy atom. The molecule has 1 aliphatic heterocycles. The van der Waals surface area contributed by atoms with Gasteiger partial charge >= 0.3 is 0 Å². The number of pyridine rings is 1. The second-order valence-electron chi connectivity index (χ2n) is 5.50. The number of aromatic nitrogens is 1. The Hall–Kier alpha value is -1.09. The van der Waals surface area contributed by atoms with Gasteiger partial charge in [-0.2, -0.15) is 0 Å². The van der Waals surface area contributed by atoms with Crippen molar-refractivity contribution in [3.05, 3.63) is 24.0 Å². The van der Waals surface area contributed by atoms with Crippen LogP contribution in [0.25, 0.3) is 0 Å². The lowest BCUT2D eigenvalue weighted by Gasteiger charge is -2.37. The highest BCUT2D eigenvalue weighted by molar-refractivity contribution is 5.46. The zero-order valence-electron chi connectivity index (χ0n) is 12.2. The van der Waals surface area contributed by atoms with Crippen molar-refractivity contribution in [1.29, 1.82) is 0 Å². The third-order valence-corrected chi connectivity index (χ3v) is 4.08. The van der Waals surface area contributed by atoms with Crippen LogP contribution in [-0.2, 0) is 0 Å². The highest BCUT2D eigenvalue weighted by Gasteiger charge is 2.22. The summed E-state index contributed by atoms with van der Waals surface area (Å²) in [6.45, 7) is 5.37. The minimum absolute atomic E-state index is 0.429. The minimum atomic E-state index is -0.429. The molecule has 0 aliphatic carbocycles. The Labute approximate surface area is 116 Å². The van der Waals surface area contributed by atoms with Crippen molar-refractivity contribution in [2.75, 3.05) is 11.4 Å². The van der Waals surface area contributed by atoms with Gasteiger partial charge in [-0.15, -0.1) is 0 Å². The number of hydrogen-bond donors (Lipinski definition) is 1. The molecule has 3 heteroatoms. The van der Waals surface area contributed by atoms with Crippen LogP contribution < -0.4 is 4.90 Å². The molecule has 1 aromatic heterocycles. The number of hydrogen-bond acceptors (Lipinski definition) is 3. The van der Waals surface area contributed by atoms with Crippen LogP contribution in [0.4, 0.5) is 5.69 Å². The molecule has 1 unspecified atom stereocenters. The van der Waals surface area contributed by atoms with Crippen molar-refractivity contribution in [3.8, 4) is 0 Å². The van der Waals surface area contributed by atoms with E-state index >= 15 is 0 Å². The Balaban J connectivity index is 2.11. The molecule has 106 valence electrons. The first-order valence-electron chi connectivity index (χ1n) is 7.67. The summed E-state index contributed by atoms with van der Waals surface area (Å²) in [5.74, 6) is 0. The van der Waals surface area contributed by atoms with Gasteiger partial charge in [-0.25, -0.2) is 0 Å².